The number of halogens is 4. The number of esters is 1. The van der Waals surface area contributed by atoms with Crippen molar-refractivity contribution in [2.75, 3.05) is 13.1 Å². The van der Waals surface area contributed by atoms with Crippen LogP contribution in [-0.4, -0.2) is 36.7 Å². The minimum absolute atomic E-state index is 0.0414. The fourth-order valence-corrected chi connectivity index (χ4v) is 3.86. The lowest BCUT2D eigenvalue weighted by Gasteiger charge is -2.17. The van der Waals surface area contributed by atoms with Crippen molar-refractivity contribution in [1.82, 2.24) is 10.6 Å². The number of hydrogen-bond donors (Lipinski definition) is 2. The number of ether oxygens (including phenoxy) is 1. The van der Waals surface area contributed by atoms with Gasteiger partial charge in [0.2, 0.25) is 29.2 Å². The quantitative estimate of drug-likeness (QED) is 0.231. The van der Waals surface area contributed by atoms with Crippen molar-refractivity contribution in [1.29, 1.82) is 0 Å². The first kappa shape index (κ1) is 28.3. The van der Waals surface area contributed by atoms with Crippen LogP contribution >= 0.6 is 0 Å². The fraction of sp³-hybridized carbons (Fsp3) is 0.583. The SMILES string of the molecule is O=C(CCC(=O)C1CCCCCCCCC1)NCC(=O)NCC(=O)Oc1c(F)c(F)cc(F)c1F. The summed E-state index contributed by atoms with van der Waals surface area (Å²) in [6.07, 6.45) is 9.46. The van der Waals surface area contributed by atoms with Gasteiger partial charge in [0.25, 0.3) is 0 Å². The summed E-state index contributed by atoms with van der Waals surface area (Å²) in [6.45, 7) is -1.38. The van der Waals surface area contributed by atoms with Crippen LogP contribution in [-0.2, 0) is 19.2 Å². The summed E-state index contributed by atoms with van der Waals surface area (Å²) in [7, 11) is 0. The second kappa shape index (κ2) is 14.4. The zero-order valence-electron chi connectivity index (χ0n) is 19.4. The molecule has 1 aliphatic rings. The summed E-state index contributed by atoms with van der Waals surface area (Å²) in [4.78, 5) is 47.9. The number of amides is 2. The van der Waals surface area contributed by atoms with E-state index >= 15 is 0 Å². The molecule has 2 rings (SSSR count). The highest BCUT2D eigenvalue weighted by Gasteiger charge is 2.23. The molecule has 1 fully saturated rings. The van der Waals surface area contributed by atoms with Gasteiger partial charge in [0.1, 0.15) is 12.3 Å². The number of nitrogens with one attached hydrogen (secondary N) is 2. The highest BCUT2D eigenvalue weighted by molar-refractivity contribution is 5.89. The van der Waals surface area contributed by atoms with Crippen LogP contribution in [0.2, 0.25) is 0 Å². The van der Waals surface area contributed by atoms with Gasteiger partial charge < -0.3 is 15.4 Å². The molecule has 0 atom stereocenters. The van der Waals surface area contributed by atoms with Crippen LogP contribution in [0.3, 0.4) is 0 Å². The molecule has 11 heteroatoms. The van der Waals surface area contributed by atoms with E-state index < -0.39 is 59.9 Å². The molecule has 2 amide bonds. The van der Waals surface area contributed by atoms with Crippen molar-refractivity contribution < 1.29 is 41.5 Å². The van der Waals surface area contributed by atoms with E-state index in [9.17, 15) is 36.7 Å². The maximum Gasteiger partial charge on any atom is 0.331 e. The first-order chi connectivity index (χ1) is 16.7. The Morgan fingerprint density at radius 2 is 1.26 bits per heavy atom. The van der Waals surface area contributed by atoms with E-state index in [0.717, 1.165) is 38.5 Å². The number of benzene rings is 1. The van der Waals surface area contributed by atoms with Crippen LogP contribution in [0.15, 0.2) is 6.07 Å². The van der Waals surface area contributed by atoms with Crippen LogP contribution < -0.4 is 15.4 Å². The normalized spacial score (nSPS) is 15.2. The Bertz CT molecular complexity index is 889. The van der Waals surface area contributed by atoms with Gasteiger partial charge in [-0.15, -0.1) is 0 Å². The van der Waals surface area contributed by atoms with Gasteiger partial charge in [0.15, 0.2) is 11.6 Å². The van der Waals surface area contributed by atoms with Crippen LogP contribution in [0.1, 0.15) is 70.6 Å². The Kier molecular flexibility index (Phi) is 11.6. The third-order valence-corrected chi connectivity index (χ3v) is 5.82. The number of rotatable bonds is 9. The van der Waals surface area contributed by atoms with E-state index in [0.29, 0.717) is 0 Å². The molecule has 1 aromatic rings. The highest BCUT2D eigenvalue weighted by atomic mass is 19.2. The second-order valence-electron chi connectivity index (χ2n) is 8.54. The first-order valence-corrected chi connectivity index (χ1v) is 11.8. The molecule has 1 aromatic carbocycles. The van der Waals surface area contributed by atoms with Crippen molar-refractivity contribution in [3.8, 4) is 5.75 Å². The molecular formula is C24H30F4N2O5. The summed E-state index contributed by atoms with van der Waals surface area (Å²) in [5, 5.41) is 4.35. The van der Waals surface area contributed by atoms with Gasteiger partial charge in [-0.2, -0.15) is 8.78 Å². The van der Waals surface area contributed by atoms with Crippen LogP contribution in [0.5, 0.6) is 5.75 Å². The van der Waals surface area contributed by atoms with Crippen molar-refractivity contribution in [2.45, 2.75) is 70.6 Å². The van der Waals surface area contributed by atoms with E-state index in [1.807, 2.05) is 5.32 Å². The molecule has 35 heavy (non-hydrogen) atoms. The zero-order chi connectivity index (χ0) is 25.8. The summed E-state index contributed by atoms with van der Waals surface area (Å²) in [5.41, 5.74) is 0. The van der Waals surface area contributed by atoms with E-state index in [1.165, 1.54) is 19.3 Å². The van der Waals surface area contributed by atoms with Crippen molar-refractivity contribution in [3.05, 3.63) is 29.3 Å². The number of carbonyl (C=O) groups excluding carboxylic acids is 4. The maximum atomic E-state index is 13.5. The Morgan fingerprint density at radius 3 is 1.83 bits per heavy atom. The Labute approximate surface area is 201 Å². The van der Waals surface area contributed by atoms with Crippen LogP contribution in [0, 0.1) is 29.2 Å². The lowest BCUT2D eigenvalue weighted by atomic mass is 9.87. The fourth-order valence-electron chi connectivity index (χ4n) is 3.86. The maximum absolute atomic E-state index is 13.5. The predicted octanol–water partition coefficient (Wildman–Crippen LogP) is 3.87. The average Bonchev–Trinajstić information content (AvgIpc) is 2.84. The van der Waals surface area contributed by atoms with Gasteiger partial charge in [0, 0.05) is 24.8 Å². The van der Waals surface area contributed by atoms with Gasteiger partial charge in [0.05, 0.1) is 6.54 Å². The van der Waals surface area contributed by atoms with Crippen molar-refractivity contribution >= 4 is 23.6 Å². The number of Topliss-reactive ketones (excluding diaryl/α,β-unsaturated/α-hetero) is 1. The molecule has 194 valence electrons. The molecule has 0 aromatic heterocycles. The smallest absolute Gasteiger partial charge is 0.331 e. The standard InChI is InChI=1S/C24H30F4N2O5/c25-16-12-17(26)23(28)24(22(16)27)35-21(34)14-30-20(33)13-29-19(32)11-10-18(31)15-8-6-4-2-1-3-5-7-9-15/h12,15H,1-11,13-14H2,(H,29,32)(H,30,33). The summed E-state index contributed by atoms with van der Waals surface area (Å²) < 4.78 is 57.6. The second-order valence-corrected chi connectivity index (χ2v) is 8.54. The molecule has 1 saturated carbocycles. The average molecular weight is 503 g/mol. The molecule has 0 aliphatic heterocycles. The molecule has 1 aliphatic carbocycles. The van der Waals surface area contributed by atoms with Gasteiger partial charge in [-0.3, -0.25) is 14.4 Å². The third-order valence-electron chi connectivity index (χ3n) is 5.82. The summed E-state index contributed by atoms with van der Waals surface area (Å²) in [5.74, 6) is -11.6. The van der Waals surface area contributed by atoms with Crippen LogP contribution in [0.4, 0.5) is 17.6 Å². The lowest BCUT2D eigenvalue weighted by molar-refractivity contribution is -0.136. The van der Waals surface area contributed by atoms with E-state index in [1.54, 1.807) is 0 Å². The van der Waals surface area contributed by atoms with Gasteiger partial charge in [-0.1, -0.05) is 44.9 Å². The number of hydrogen-bond acceptors (Lipinski definition) is 5. The first-order valence-electron chi connectivity index (χ1n) is 11.8. The third kappa shape index (κ3) is 9.65. The summed E-state index contributed by atoms with van der Waals surface area (Å²) >= 11 is 0. The monoisotopic (exact) mass is 502 g/mol. The van der Waals surface area contributed by atoms with E-state index in [2.05, 4.69) is 10.1 Å². The van der Waals surface area contributed by atoms with Crippen molar-refractivity contribution in [2.24, 2.45) is 5.92 Å². The van der Waals surface area contributed by atoms with Gasteiger partial charge >= 0.3 is 5.97 Å². The minimum Gasteiger partial charge on any atom is -0.419 e. The Balaban J connectivity index is 1.69. The molecule has 0 bridgehead atoms. The lowest BCUT2D eigenvalue weighted by Crippen LogP contribution is -2.40. The van der Waals surface area contributed by atoms with Crippen molar-refractivity contribution in [3.63, 3.8) is 0 Å². The Morgan fingerprint density at radius 1 is 0.743 bits per heavy atom. The Hall–Kier alpha value is -2.98. The topological polar surface area (TPSA) is 102 Å². The van der Waals surface area contributed by atoms with Gasteiger partial charge in [-0.25, -0.2) is 13.6 Å². The number of ketones is 1. The molecule has 0 heterocycles. The highest BCUT2D eigenvalue weighted by Crippen LogP contribution is 2.26. The minimum atomic E-state index is -1.89. The predicted molar refractivity (Wildman–Crippen MR) is 117 cm³/mol. The largest absolute Gasteiger partial charge is 0.419 e. The summed E-state index contributed by atoms with van der Waals surface area (Å²) in [6, 6.07) is -0.0414. The zero-order valence-corrected chi connectivity index (χ0v) is 19.4. The molecule has 0 unspecified atom stereocenters. The molecule has 0 spiro atoms. The number of carbonyl (C=O) groups is 4. The van der Waals surface area contributed by atoms with E-state index in [-0.39, 0.29) is 30.6 Å². The molecule has 0 radical (unpaired) electrons. The van der Waals surface area contributed by atoms with Gasteiger partial charge in [-0.05, 0) is 12.8 Å². The molecule has 2 N–H and O–H groups in total. The van der Waals surface area contributed by atoms with E-state index in [4.69, 9.17) is 0 Å². The molecular weight excluding hydrogens is 472 g/mol. The van der Waals surface area contributed by atoms with Crippen LogP contribution in [0.25, 0.3) is 0 Å². The molecule has 0 saturated heterocycles. The molecule has 7 nitrogen and oxygen atoms in total.